The minimum Gasteiger partial charge on any atom is -0.336 e. The van der Waals surface area contributed by atoms with E-state index in [2.05, 4.69) is 17.6 Å². The van der Waals surface area contributed by atoms with Crippen molar-refractivity contribution in [1.82, 2.24) is 9.88 Å². The van der Waals surface area contributed by atoms with Crippen LogP contribution in [-0.2, 0) is 11.3 Å². The van der Waals surface area contributed by atoms with Gasteiger partial charge in [-0.2, -0.15) is 12.6 Å². The Labute approximate surface area is 94.9 Å². The highest BCUT2D eigenvalue weighted by atomic mass is 32.1. The Bertz CT molecular complexity index is 363. The van der Waals surface area contributed by atoms with Gasteiger partial charge in [-0.15, -0.1) is 0 Å². The molecule has 0 aromatic carbocycles. The quantitative estimate of drug-likeness (QED) is 0.768. The summed E-state index contributed by atoms with van der Waals surface area (Å²) >= 11 is 4.31. The van der Waals surface area contributed by atoms with E-state index in [1.54, 1.807) is 0 Å². The second kappa shape index (κ2) is 4.23. The Morgan fingerprint density at radius 1 is 1.60 bits per heavy atom. The van der Waals surface area contributed by atoms with Crippen LogP contribution in [0.15, 0.2) is 18.3 Å². The fraction of sp³-hybridized carbons (Fsp3) is 0.455. The molecule has 2 heterocycles. The number of aryl methyl sites for hydroxylation is 1. The summed E-state index contributed by atoms with van der Waals surface area (Å²) in [6, 6.07) is 3.98. The predicted molar refractivity (Wildman–Crippen MR) is 61.8 cm³/mol. The number of amides is 1. The van der Waals surface area contributed by atoms with Gasteiger partial charge in [0.1, 0.15) is 0 Å². The first-order valence-electron chi connectivity index (χ1n) is 5.02. The molecule has 1 atom stereocenters. The third-order valence-electron chi connectivity index (χ3n) is 2.52. The summed E-state index contributed by atoms with van der Waals surface area (Å²) in [6.07, 6.45) is 2.38. The van der Waals surface area contributed by atoms with E-state index < -0.39 is 0 Å². The van der Waals surface area contributed by atoms with Crippen molar-refractivity contribution in [3.63, 3.8) is 0 Å². The maximum absolute atomic E-state index is 11.5. The van der Waals surface area contributed by atoms with Crippen molar-refractivity contribution in [2.24, 2.45) is 0 Å². The molecule has 1 aliphatic heterocycles. The molecule has 0 saturated carbocycles. The van der Waals surface area contributed by atoms with Crippen molar-refractivity contribution in [2.75, 3.05) is 6.54 Å². The summed E-state index contributed by atoms with van der Waals surface area (Å²) in [5, 5.41) is 0.183. The molecule has 1 aromatic rings. The monoisotopic (exact) mass is 222 g/mol. The Balaban J connectivity index is 2.03. The van der Waals surface area contributed by atoms with Gasteiger partial charge in [-0.05, 0) is 18.6 Å². The molecule has 1 fully saturated rings. The molecule has 0 spiro atoms. The summed E-state index contributed by atoms with van der Waals surface area (Å²) in [5.41, 5.74) is 2.08. The SMILES string of the molecule is Cc1ccc(CN2CC(S)CC2=O)nc1. The minimum absolute atomic E-state index is 0.178. The normalized spacial score (nSPS) is 21.1. The first-order valence-corrected chi connectivity index (χ1v) is 5.54. The van der Waals surface area contributed by atoms with E-state index in [0.717, 1.165) is 17.8 Å². The van der Waals surface area contributed by atoms with E-state index in [1.165, 1.54) is 0 Å². The van der Waals surface area contributed by atoms with Gasteiger partial charge in [0.15, 0.2) is 0 Å². The van der Waals surface area contributed by atoms with E-state index in [0.29, 0.717) is 13.0 Å². The molecule has 4 heteroatoms. The molecule has 1 amide bonds. The Morgan fingerprint density at radius 3 is 2.93 bits per heavy atom. The van der Waals surface area contributed by atoms with Gasteiger partial charge >= 0.3 is 0 Å². The van der Waals surface area contributed by atoms with E-state index >= 15 is 0 Å². The fourth-order valence-electron chi connectivity index (χ4n) is 1.69. The summed E-state index contributed by atoms with van der Waals surface area (Å²) in [6.45, 7) is 3.34. The Hall–Kier alpha value is -1.03. The standard InChI is InChI=1S/C11H14N2OS/c1-8-2-3-9(12-5-8)6-13-7-10(15)4-11(13)14/h2-3,5,10,15H,4,6-7H2,1H3. The number of thiol groups is 1. The third kappa shape index (κ3) is 2.50. The number of carbonyl (C=O) groups is 1. The highest BCUT2D eigenvalue weighted by Crippen LogP contribution is 2.17. The summed E-state index contributed by atoms with van der Waals surface area (Å²) in [7, 11) is 0. The second-order valence-electron chi connectivity index (χ2n) is 3.96. The lowest BCUT2D eigenvalue weighted by molar-refractivity contribution is -0.128. The zero-order valence-electron chi connectivity index (χ0n) is 8.68. The van der Waals surface area contributed by atoms with Crippen LogP contribution in [0, 0.1) is 6.92 Å². The van der Waals surface area contributed by atoms with Crippen LogP contribution in [0.1, 0.15) is 17.7 Å². The van der Waals surface area contributed by atoms with Crippen molar-refractivity contribution >= 4 is 18.5 Å². The lowest BCUT2D eigenvalue weighted by Gasteiger charge is -2.15. The van der Waals surface area contributed by atoms with Crippen LogP contribution in [-0.4, -0.2) is 27.6 Å². The zero-order valence-corrected chi connectivity index (χ0v) is 9.58. The predicted octanol–water partition coefficient (Wildman–Crippen LogP) is 1.42. The Morgan fingerprint density at radius 2 is 2.40 bits per heavy atom. The van der Waals surface area contributed by atoms with Gasteiger partial charge in [-0.1, -0.05) is 6.07 Å². The molecule has 2 rings (SSSR count). The van der Waals surface area contributed by atoms with Crippen LogP contribution < -0.4 is 0 Å². The first-order chi connectivity index (χ1) is 7.15. The second-order valence-corrected chi connectivity index (χ2v) is 4.69. The van der Waals surface area contributed by atoms with Gasteiger partial charge in [0.25, 0.3) is 0 Å². The zero-order chi connectivity index (χ0) is 10.8. The third-order valence-corrected chi connectivity index (χ3v) is 2.87. The average Bonchev–Trinajstić information content (AvgIpc) is 2.49. The fourth-order valence-corrected chi connectivity index (χ4v) is 2.04. The lowest BCUT2D eigenvalue weighted by atomic mass is 10.2. The molecule has 1 aliphatic rings. The summed E-state index contributed by atoms with van der Waals surface area (Å²) < 4.78 is 0. The van der Waals surface area contributed by atoms with Crippen molar-refractivity contribution in [1.29, 1.82) is 0 Å². The number of pyridine rings is 1. The molecule has 0 bridgehead atoms. The highest BCUT2D eigenvalue weighted by Gasteiger charge is 2.27. The van der Waals surface area contributed by atoms with E-state index in [4.69, 9.17) is 0 Å². The van der Waals surface area contributed by atoms with Crippen LogP contribution in [0.5, 0.6) is 0 Å². The molecule has 1 aromatic heterocycles. The van der Waals surface area contributed by atoms with Crippen LogP contribution in [0.2, 0.25) is 0 Å². The number of rotatable bonds is 2. The van der Waals surface area contributed by atoms with Gasteiger partial charge in [-0.25, -0.2) is 0 Å². The largest absolute Gasteiger partial charge is 0.336 e. The molecule has 1 unspecified atom stereocenters. The molecule has 0 radical (unpaired) electrons. The number of nitrogens with zero attached hydrogens (tertiary/aromatic N) is 2. The van der Waals surface area contributed by atoms with Crippen LogP contribution in [0.3, 0.4) is 0 Å². The maximum Gasteiger partial charge on any atom is 0.224 e. The van der Waals surface area contributed by atoms with E-state index in [-0.39, 0.29) is 11.2 Å². The number of hydrogen-bond donors (Lipinski definition) is 1. The molecule has 15 heavy (non-hydrogen) atoms. The molecule has 80 valence electrons. The van der Waals surface area contributed by atoms with Crippen molar-refractivity contribution in [3.8, 4) is 0 Å². The number of carbonyl (C=O) groups excluding carboxylic acids is 1. The summed E-state index contributed by atoms with van der Waals surface area (Å²) in [4.78, 5) is 17.6. The molecular formula is C11H14N2OS. The molecular weight excluding hydrogens is 208 g/mol. The van der Waals surface area contributed by atoms with Gasteiger partial charge in [0.2, 0.25) is 5.91 Å². The Kier molecular flexibility index (Phi) is 2.95. The van der Waals surface area contributed by atoms with Gasteiger partial charge in [0, 0.05) is 24.4 Å². The molecule has 3 nitrogen and oxygen atoms in total. The van der Waals surface area contributed by atoms with Gasteiger partial charge < -0.3 is 4.90 Å². The molecule has 0 aliphatic carbocycles. The van der Waals surface area contributed by atoms with Crippen LogP contribution >= 0.6 is 12.6 Å². The summed E-state index contributed by atoms with van der Waals surface area (Å²) in [5.74, 6) is 0.178. The minimum atomic E-state index is 0.178. The average molecular weight is 222 g/mol. The van der Waals surface area contributed by atoms with E-state index in [9.17, 15) is 4.79 Å². The smallest absolute Gasteiger partial charge is 0.224 e. The first kappa shape index (κ1) is 10.5. The maximum atomic E-state index is 11.5. The van der Waals surface area contributed by atoms with Crippen LogP contribution in [0.25, 0.3) is 0 Å². The van der Waals surface area contributed by atoms with Gasteiger partial charge in [-0.3, -0.25) is 9.78 Å². The van der Waals surface area contributed by atoms with Crippen molar-refractivity contribution in [3.05, 3.63) is 29.6 Å². The van der Waals surface area contributed by atoms with Crippen molar-refractivity contribution in [2.45, 2.75) is 25.1 Å². The number of likely N-dealkylation sites (tertiary alicyclic amines) is 1. The molecule has 1 saturated heterocycles. The van der Waals surface area contributed by atoms with Gasteiger partial charge in [0.05, 0.1) is 12.2 Å². The highest BCUT2D eigenvalue weighted by molar-refractivity contribution is 7.81. The topological polar surface area (TPSA) is 33.2 Å². The van der Waals surface area contributed by atoms with Crippen molar-refractivity contribution < 1.29 is 4.79 Å². The van der Waals surface area contributed by atoms with Crippen LogP contribution in [0.4, 0.5) is 0 Å². The molecule has 0 N–H and O–H groups in total. The number of aromatic nitrogens is 1. The number of hydrogen-bond acceptors (Lipinski definition) is 3. The van der Waals surface area contributed by atoms with E-state index in [1.807, 2.05) is 30.2 Å². The lowest BCUT2D eigenvalue weighted by Crippen LogP contribution is -2.25.